The molecule has 2 N–H and O–H groups in total. The summed E-state index contributed by atoms with van der Waals surface area (Å²) in [7, 11) is 1.92. The molecule has 0 spiro atoms. The molecule has 0 aliphatic rings. The number of carbonyl (C=O) groups is 1. The van der Waals surface area contributed by atoms with Crippen molar-refractivity contribution < 1.29 is 14.3 Å². The van der Waals surface area contributed by atoms with E-state index in [4.69, 9.17) is 0 Å². The van der Waals surface area contributed by atoms with E-state index in [2.05, 4.69) is 15.3 Å². The molecule has 24 heavy (non-hydrogen) atoms. The first kappa shape index (κ1) is 16.1. The zero-order valence-electron chi connectivity index (χ0n) is 13.1. The zero-order chi connectivity index (χ0) is 17.1. The molecule has 1 atom stereocenters. The number of aliphatic carboxylic acids is 1. The van der Waals surface area contributed by atoms with Crippen LogP contribution < -0.4 is 5.32 Å². The molecule has 2 heterocycles. The fourth-order valence-corrected chi connectivity index (χ4v) is 2.58. The first-order valence-corrected chi connectivity index (χ1v) is 7.48. The van der Waals surface area contributed by atoms with Crippen LogP contribution in [-0.4, -0.2) is 31.7 Å². The summed E-state index contributed by atoms with van der Waals surface area (Å²) in [6.45, 7) is 0.381. The van der Waals surface area contributed by atoms with Crippen LogP contribution in [-0.2, 0) is 24.8 Å². The van der Waals surface area contributed by atoms with Gasteiger partial charge in [-0.25, -0.2) is 9.37 Å². The predicted molar refractivity (Wildman–Crippen MR) is 86.9 cm³/mol. The first-order valence-electron chi connectivity index (χ1n) is 7.48. The van der Waals surface area contributed by atoms with Gasteiger partial charge in [0.2, 0.25) is 0 Å². The Morgan fingerprint density at radius 2 is 2.17 bits per heavy atom. The number of benzene rings is 1. The molecule has 6 nitrogen and oxygen atoms in total. The second kappa shape index (κ2) is 6.76. The molecule has 0 aliphatic carbocycles. The number of aryl methyl sites for hydroxylation is 1. The molecular formula is C17H17FN4O2. The van der Waals surface area contributed by atoms with Crippen LogP contribution in [0.3, 0.4) is 0 Å². The number of aromatic nitrogens is 3. The Labute approximate surface area is 138 Å². The minimum Gasteiger partial charge on any atom is -0.480 e. The summed E-state index contributed by atoms with van der Waals surface area (Å²) in [5.41, 5.74) is 3.34. The molecule has 0 saturated heterocycles. The van der Waals surface area contributed by atoms with Crippen LogP contribution in [0.15, 0.2) is 43.0 Å². The summed E-state index contributed by atoms with van der Waals surface area (Å²) < 4.78 is 15.1. The van der Waals surface area contributed by atoms with Gasteiger partial charge in [-0.15, -0.1) is 0 Å². The van der Waals surface area contributed by atoms with Gasteiger partial charge in [-0.2, -0.15) is 0 Å². The normalized spacial score (nSPS) is 12.4. The maximum absolute atomic E-state index is 13.2. The quantitative estimate of drug-likeness (QED) is 0.722. The molecule has 0 amide bonds. The van der Waals surface area contributed by atoms with Gasteiger partial charge in [0.1, 0.15) is 11.9 Å². The number of nitrogens with zero attached hydrogens (tertiary/aromatic N) is 3. The summed E-state index contributed by atoms with van der Waals surface area (Å²) in [4.78, 5) is 19.5. The number of nitrogens with one attached hydrogen (secondary N) is 1. The number of imidazole rings is 1. The van der Waals surface area contributed by atoms with Gasteiger partial charge < -0.3 is 15.0 Å². The third-order valence-electron chi connectivity index (χ3n) is 3.84. The van der Waals surface area contributed by atoms with Crippen LogP contribution in [0.25, 0.3) is 11.0 Å². The lowest BCUT2D eigenvalue weighted by atomic mass is 10.1. The summed E-state index contributed by atoms with van der Waals surface area (Å²) >= 11 is 0. The van der Waals surface area contributed by atoms with Crippen molar-refractivity contribution in [1.82, 2.24) is 19.9 Å². The summed E-state index contributed by atoms with van der Waals surface area (Å²) in [5, 5.41) is 12.4. The average molecular weight is 328 g/mol. The van der Waals surface area contributed by atoms with Crippen molar-refractivity contribution in [1.29, 1.82) is 0 Å². The summed E-state index contributed by atoms with van der Waals surface area (Å²) in [6.07, 6.45) is 4.46. The number of hydrogen-bond donors (Lipinski definition) is 2. The third-order valence-corrected chi connectivity index (χ3v) is 3.84. The van der Waals surface area contributed by atoms with Gasteiger partial charge in [-0.05, 0) is 29.3 Å². The van der Waals surface area contributed by atoms with Gasteiger partial charge in [0.15, 0.2) is 0 Å². The highest BCUT2D eigenvalue weighted by atomic mass is 19.1. The van der Waals surface area contributed by atoms with Crippen LogP contribution in [0.4, 0.5) is 4.39 Å². The smallest absolute Gasteiger partial charge is 0.321 e. The largest absolute Gasteiger partial charge is 0.480 e. The number of rotatable bonds is 6. The summed E-state index contributed by atoms with van der Waals surface area (Å²) in [5.74, 6) is -1.46. The number of carboxylic acids is 1. The Bertz CT molecular complexity index is 878. The third kappa shape index (κ3) is 3.57. The van der Waals surface area contributed by atoms with E-state index < -0.39 is 17.8 Å². The number of carboxylic acid groups (broad SMARTS) is 1. The van der Waals surface area contributed by atoms with Gasteiger partial charge in [0.05, 0.1) is 23.6 Å². The zero-order valence-corrected chi connectivity index (χ0v) is 13.1. The lowest BCUT2D eigenvalue weighted by Gasteiger charge is -2.14. The second-order valence-corrected chi connectivity index (χ2v) is 5.67. The van der Waals surface area contributed by atoms with E-state index in [1.54, 1.807) is 6.33 Å². The number of fused-ring (bicyclic) bond motifs is 1. The van der Waals surface area contributed by atoms with Crippen LogP contribution in [0.5, 0.6) is 0 Å². The Hall–Kier alpha value is -2.80. The fourth-order valence-electron chi connectivity index (χ4n) is 2.58. The summed E-state index contributed by atoms with van der Waals surface area (Å²) in [6, 6.07) is 6.27. The van der Waals surface area contributed by atoms with Crippen molar-refractivity contribution in [2.75, 3.05) is 0 Å². The standard InChI is InChI=1S/C17H17FN4O2/c1-22-10-21-14-5-11(2-3-16(14)22)8-20-15(17(23)24)6-12-4-13(18)9-19-7-12/h2-5,7,9-10,15,20H,6,8H2,1H3,(H,23,24). The number of hydrogen-bond acceptors (Lipinski definition) is 4. The van der Waals surface area contributed by atoms with E-state index in [1.807, 2.05) is 29.8 Å². The van der Waals surface area contributed by atoms with E-state index in [9.17, 15) is 14.3 Å². The molecule has 3 rings (SSSR count). The van der Waals surface area contributed by atoms with E-state index in [0.29, 0.717) is 12.1 Å². The predicted octanol–water partition coefficient (Wildman–Crippen LogP) is 1.89. The lowest BCUT2D eigenvalue weighted by Crippen LogP contribution is -2.38. The average Bonchev–Trinajstić information content (AvgIpc) is 2.92. The highest BCUT2D eigenvalue weighted by molar-refractivity contribution is 5.76. The lowest BCUT2D eigenvalue weighted by molar-refractivity contribution is -0.139. The van der Waals surface area contributed by atoms with Crippen LogP contribution >= 0.6 is 0 Å². The van der Waals surface area contributed by atoms with Gasteiger partial charge in [-0.3, -0.25) is 9.78 Å². The molecule has 3 aromatic rings. The maximum atomic E-state index is 13.2. The molecule has 7 heteroatoms. The topological polar surface area (TPSA) is 80.0 Å². The van der Waals surface area contributed by atoms with Gasteiger partial charge in [-0.1, -0.05) is 6.07 Å². The maximum Gasteiger partial charge on any atom is 0.321 e. The molecule has 0 saturated carbocycles. The van der Waals surface area contributed by atoms with Crippen LogP contribution in [0.1, 0.15) is 11.1 Å². The van der Waals surface area contributed by atoms with Crippen molar-refractivity contribution in [3.63, 3.8) is 0 Å². The van der Waals surface area contributed by atoms with Crippen molar-refractivity contribution in [2.24, 2.45) is 7.05 Å². The molecule has 0 aliphatic heterocycles. The Morgan fingerprint density at radius 1 is 1.33 bits per heavy atom. The second-order valence-electron chi connectivity index (χ2n) is 5.67. The molecule has 0 fully saturated rings. The minimum absolute atomic E-state index is 0.159. The van der Waals surface area contributed by atoms with Gasteiger partial charge in [0.25, 0.3) is 0 Å². The monoisotopic (exact) mass is 328 g/mol. The van der Waals surface area contributed by atoms with Crippen LogP contribution in [0, 0.1) is 5.82 Å². The van der Waals surface area contributed by atoms with E-state index in [1.165, 1.54) is 12.3 Å². The number of halogens is 1. The molecular weight excluding hydrogens is 311 g/mol. The van der Waals surface area contributed by atoms with Crippen molar-refractivity contribution in [2.45, 2.75) is 19.0 Å². The van der Waals surface area contributed by atoms with E-state index >= 15 is 0 Å². The van der Waals surface area contributed by atoms with Crippen molar-refractivity contribution in [3.8, 4) is 0 Å². The van der Waals surface area contributed by atoms with Gasteiger partial charge >= 0.3 is 5.97 Å². The molecule has 0 bridgehead atoms. The Kier molecular flexibility index (Phi) is 4.52. The van der Waals surface area contributed by atoms with E-state index in [0.717, 1.165) is 22.8 Å². The molecule has 1 unspecified atom stereocenters. The Balaban J connectivity index is 1.70. The van der Waals surface area contributed by atoms with E-state index in [-0.39, 0.29) is 6.42 Å². The van der Waals surface area contributed by atoms with Crippen molar-refractivity contribution in [3.05, 3.63) is 59.9 Å². The minimum atomic E-state index is -0.988. The molecule has 124 valence electrons. The molecule has 2 aromatic heterocycles. The SMILES string of the molecule is Cn1cnc2cc(CNC(Cc3cncc(F)c3)C(=O)O)ccc21. The van der Waals surface area contributed by atoms with Crippen LogP contribution in [0.2, 0.25) is 0 Å². The molecule has 1 aromatic carbocycles. The fraction of sp³-hybridized carbons (Fsp3) is 0.235. The molecule has 0 radical (unpaired) electrons. The van der Waals surface area contributed by atoms with Gasteiger partial charge in [0, 0.05) is 26.2 Å². The van der Waals surface area contributed by atoms with Crippen molar-refractivity contribution >= 4 is 17.0 Å². The number of pyridine rings is 1. The first-order chi connectivity index (χ1) is 11.5. The Morgan fingerprint density at radius 3 is 2.92 bits per heavy atom. The highest BCUT2D eigenvalue weighted by Crippen LogP contribution is 2.14. The highest BCUT2D eigenvalue weighted by Gasteiger charge is 2.18.